The van der Waals surface area contributed by atoms with Crippen molar-refractivity contribution >= 4 is 23.2 Å². The zero-order valence-corrected chi connectivity index (χ0v) is 16.9. The van der Waals surface area contributed by atoms with Crippen LogP contribution in [0.25, 0.3) is 0 Å². The molecule has 5 heteroatoms. The molecule has 0 aliphatic carbocycles. The number of benzene rings is 3. The maximum absolute atomic E-state index is 13.0. The van der Waals surface area contributed by atoms with E-state index in [1.54, 1.807) is 7.11 Å². The van der Waals surface area contributed by atoms with Crippen LogP contribution in [0, 0.1) is 0 Å². The van der Waals surface area contributed by atoms with Crippen LogP contribution in [0.3, 0.4) is 0 Å². The summed E-state index contributed by atoms with van der Waals surface area (Å²) in [5.41, 5.74) is 4.27. The second kappa shape index (κ2) is 8.82. The van der Waals surface area contributed by atoms with Gasteiger partial charge >= 0.3 is 0 Å². The van der Waals surface area contributed by atoms with Crippen molar-refractivity contribution in [1.29, 1.82) is 0 Å². The van der Waals surface area contributed by atoms with Gasteiger partial charge in [0.1, 0.15) is 5.75 Å². The molecule has 0 aromatic heterocycles. The molecule has 3 aromatic carbocycles. The molecule has 0 saturated carbocycles. The van der Waals surface area contributed by atoms with Crippen molar-refractivity contribution < 1.29 is 14.3 Å². The summed E-state index contributed by atoms with van der Waals surface area (Å²) in [5.74, 6) is 0.646. The predicted octanol–water partition coefficient (Wildman–Crippen LogP) is 4.47. The van der Waals surface area contributed by atoms with Gasteiger partial charge in [-0.2, -0.15) is 0 Å². The SMILES string of the molecule is COc1ccc(CC(=O)Nc2ccc3c(c2)N(C(=O)c2ccccc2)CCC3)cc1. The van der Waals surface area contributed by atoms with E-state index in [0.29, 0.717) is 17.8 Å². The number of carbonyl (C=O) groups is 2. The number of nitrogens with one attached hydrogen (secondary N) is 1. The highest BCUT2D eigenvalue weighted by Crippen LogP contribution is 2.31. The van der Waals surface area contributed by atoms with Gasteiger partial charge in [-0.1, -0.05) is 36.4 Å². The third-order valence-electron chi connectivity index (χ3n) is 5.28. The number of fused-ring (bicyclic) bond motifs is 1. The molecule has 0 radical (unpaired) electrons. The molecule has 1 aliphatic rings. The summed E-state index contributed by atoms with van der Waals surface area (Å²) in [4.78, 5) is 27.3. The van der Waals surface area contributed by atoms with E-state index in [1.165, 1.54) is 0 Å². The summed E-state index contributed by atoms with van der Waals surface area (Å²) >= 11 is 0. The van der Waals surface area contributed by atoms with Gasteiger partial charge in [-0.05, 0) is 60.4 Å². The minimum Gasteiger partial charge on any atom is -0.497 e. The van der Waals surface area contributed by atoms with Gasteiger partial charge < -0.3 is 15.0 Å². The molecule has 30 heavy (non-hydrogen) atoms. The van der Waals surface area contributed by atoms with Crippen molar-refractivity contribution in [3.05, 3.63) is 89.5 Å². The number of rotatable bonds is 5. The van der Waals surface area contributed by atoms with Crippen LogP contribution in [0.2, 0.25) is 0 Å². The highest BCUT2D eigenvalue weighted by Gasteiger charge is 2.24. The van der Waals surface area contributed by atoms with Gasteiger partial charge in [-0.15, -0.1) is 0 Å². The fraction of sp³-hybridized carbons (Fsp3) is 0.200. The first-order valence-corrected chi connectivity index (χ1v) is 10.1. The number of amides is 2. The molecular weight excluding hydrogens is 376 g/mol. The molecule has 2 amide bonds. The van der Waals surface area contributed by atoms with Crippen molar-refractivity contribution in [2.75, 3.05) is 23.9 Å². The Morgan fingerprint density at radius 2 is 1.77 bits per heavy atom. The summed E-state index contributed by atoms with van der Waals surface area (Å²) < 4.78 is 5.15. The number of anilines is 2. The first-order chi connectivity index (χ1) is 14.6. The lowest BCUT2D eigenvalue weighted by atomic mass is 10.00. The van der Waals surface area contributed by atoms with E-state index in [1.807, 2.05) is 77.7 Å². The Labute approximate surface area is 176 Å². The van der Waals surface area contributed by atoms with Gasteiger partial charge in [0.2, 0.25) is 5.91 Å². The molecule has 1 heterocycles. The van der Waals surface area contributed by atoms with Gasteiger partial charge in [0, 0.05) is 23.5 Å². The van der Waals surface area contributed by atoms with Gasteiger partial charge in [0.05, 0.1) is 13.5 Å². The highest BCUT2D eigenvalue weighted by atomic mass is 16.5. The third-order valence-corrected chi connectivity index (χ3v) is 5.28. The van der Waals surface area contributed by atoms with Crippen LogP contribution in [0.4, 0.5) is 11.4 Å². The number of carbonyl (C=O) groups excluding carboxylic acids is 2. The number of nitrogens with zero attached hydrogens (tertiary/aromatic N) is 1. The Morgan fingerprint density at radius 1 is 1.00 bits per heavy atom. The molecule has 0 atom stereocenters. The predicted molar refractivity (Wildman–Crippen MR) is 118 cm³/mol. The second-order valence-corrected chi connectivity index (χ2v) is 7.34. The first-order valence-electron chi connectivity index (χ1n) is 10.1. The zero-order valence-electron chi connectivity index (χ0n) is 16.9. The van der Waals surface area contributed by atoms with E-state index in [2.05, 4.69) is 5.32 Å². The Kier molecular flexibility index (Phi) is 5.80. The largest absolute Gasteiger partial charge is 0.497 e. The standard InChI is InChI=1S/C25H24N2O3/c1-30-22-13-9-18(10-14-22)16-24(28)26-21-12-11-19-8-5-15-27(23(19)17-21)25(29)20-6-3-2-4-7-20/h2-4,6-7,9-14,17H,5,8,15-16H2,1H3,(H,26,28). The molecule has 1 aliphatic heterocycles. The molecule has 0 saturated heterocycles. The van der Waals surface area contributed by atoms with Crippen LogP contribution < -0.4 is 15.0 Å². The van der Waals surface area contributed by atoms with Crippen molar-refractivity contribution in [3.63, 3.8) is 0 Å². The Hall–Kier alpha value is -3.60. The lowest BCUT2D eigenvalue weighted by molar-refractivity contribution is -0.115. The number of ether oxygens (including phenoxy) is 1. The zero-order chi connectivity index (χ0) is 20.9. The van der Waals surface area contributed by atoms with Crippen molar-refractivity contribution in [3.8, 4) is 5.75 Å². The fourth-order valence-electron chi connectivity index (χ4n) is 3.73. The first kappa shape index (κ1) is 19.7. The third kappa shape index (κ3) is 4.35. The Bertz CT molecular complexity index is 1050. The minimum absolute atomic E-state index is 0.0155. The van der Waals surface area contributed by atoms with Gasteiger partial charge in [-0.25, -0.2) is 0 Å². The Balaban J connectivity index is 1.50. The lowest BCUT2D eigenvalue weighted by Gasteiger charge is -2.30. The van der Waals surface area contributed by atoms with Crippen LogP contribution in [0.5, 0.6) is 5.75 Å². The number of hydrogen-bond donors (Lipinski definition) is 1. The van der Waals surface area contributed by atoms with E-state index in [0.717, 1.165) is 35.4 Å². The van der Waals surface area contributed by atoms with Gasteiger partial charge in [0.25, 0.3) is 5.91 Å². The molecule has 152 valence electrons. The minimum atomic E-state index is -0.100. The summed E-state index contributed by atoms with van der Waals surface area (Å²) in [7, 11) is 1.61. The van der Waals surface area contributed by atoms with Crippen molar-refractivity contribution in [2.24, 2.45) is 0 Å². The van der Waals surface area contributed by atoms with Crippen LogP contribution in [0.1, 0.15) is 27.9 Å². The smallest absolute Gasteiger partial charge is 0.258 e. The second-order valence-electron chi connectivity index (χ2n) is 7.34. The van der Waals surface area contributed by atoms with E-state index < -0.39 is 0 Å². The molecule has 0 spiro atoms. The normalized spacial score (nSPS) is 12.8. The van der Waals surface area contributed by atoms with E-state index in [-0.39, 0.29) is 18.2 Å². The summed E-state index contributed by atoms with van der Waals surface area (Å²) in [5, 5.41) is 2.96. The summed E-state index contributed by atoms with van der Waals surface area (Å²) in [6, 6.07) is 22.6. The van der Waals surface area contributed by atoms with Gasteiger partial charge in [0.15, 0.2) is 0 Å². The number of aryl methyl sites for hydroxylation is 1. The monoisotopic (exact) mass is 400 g/mol. The quantitative estimate of drug-likeness (QED) is 0.687. The molecule has 1 N–H and O–H groups in total. The lowest BCUT2D eigenvalue weighted by Crippen LogP contribution is -2.35. The fourth-order valence-corrected chi connectivity index (χ4v) is 3.73. The molecule has 0 fully saturated rings. The molecule has 5 nitrogen and oxygen atoms in total. The van der Waals surface area contributed by atoms with E-state index >= 15 is 0 Å². The van der Waals surface area contributed by atoms with E-state index in [9.17, 15) is 9.59 Å². The van der Waals surface area contributed by atoms with Crippen LogP contribution in [-0.4, -0.2) is 25.5 Å². The van der Waals surface area contributed by atoms with Crippen LogP contribution >= 0.6 is 0 Å². The molecule has 0 bridgehead atoms. The van der Waals surface area contributed by atoms with Crippen molar-refractivity contribution in [1.82, 2.24) is 0 Å². The maximum atomic E-state index is 13.0. The van der Waals surface area contributed by atoms with Crippen molar-refractivity contribution in [2.45, 2.75) is 19.3 Å². The Morgan fingerprint density at radius 3 is 2.50 bits per heavy atom. The summed E-state index contributed by atoms with van der Waals surface area (Å²) in [6.07, 6.45) is 2.12. The van der Waals surface area contributed by atoms with Crippen LogP contribution in [0.15, 0.2) is 72.8 Å². The van der Waals surface area contributed by atoms with Gasteiger partial charge in [-0.3, -0.25) is 9.59 Å². The number of methoxy groups -OCH3 is 1. The average Bonchev–Trinajstić information content (AvgIpc) is 2.79. The van der Waals surface area contributed by atoms with Crippen LogP contribution in [-0.2, 0) is 17.6 Å². The molecular formula is C25H24N2O3. The molecule has 3 aromatic rings. The highest BCUT2D eigenvalue weighted by molar-refractivity contribution is 6.07. The average molecular weight is 400 g/mol. The maximum Gasteiger partial charge on any atom is 0.258 e. The number of hydrogen-bond acceptors (Lipinski definition) is 3. The summed E-state index contributed by atoms with van der Waals surface area (Å²) in [6.45, 7) is 0.671. The van der Waals surface area contributed by atoms with E-state index in [4.69, 9.17) is 4.74 Å². The topological polar surface area (TPSA) is 58.6 Å². The molecule has 0 unspecified atom stereocenters. The molecule has 4 rings (SSSR count).